The van der Waals surface area contributed by atoms with E-state index in [9.17, 15) is 5.11 Å². The van der Waals surface area contributed by atoms with Crippen molar-refractivity contribution in [3.63, 3.8) is 0 Å². The van der Waals surface area contributed by atoms with E-state index < -0.39 is 6.10 Å². The maximum Gasteiger partial charge on any atom is 0.156 e. The van der Waals surface area contributed by atoms with Gasteiger partial charge in [-0.05, 0) is 42.5 Å². The highest BCUT2D eigenvalue weighted by molar-refractivity contribution is 7.99. The Morgan fingerprint density at radius 2 is 2.15 bits per heavy atom. The van der Waals surface area contributed by atoms with Gasteiger partial charge in [0.05, 0.1) is 10.0 Å². The number of thioether (sulfide) groups is 1. The molecule has 1 aromatic rings. The average molecular weight is 336 g/mol. The number of rotatable bonds is 7. The Balaban J connectivity index is 1.68. The van der Waals surface area contributed by atoms with E-state index >= 15 is 0 Å². The number of hydrogen-bond acceptors (Lipinski definition) is 4. The van der Waals surface area contributed by atoms with Crippen LogP contribution in [0.5, 0.6) is 5.75 Å². The number of hydrogen-bond donors (Lipinski definition) is 2. The summed E-state index contributed by atoms with van der Waals surface area (Å²) in [5, 5.41) is 14.1. The summed E-state index contributed by atoms with van der Waals surface area (Å²) in [6.07, 6.45) is 0.691. The average Bonchev–Trinajstić information content (AvgIpc) is 2.91. The summed E-state index contributed by atoms with van der Waals surface area (Å²) in [7, 11) is 0. The van der Waals surface area contributed by atoms with Gasteiger partial charge in [0.2, 0.25) is 0 Å². The number of aliphatic hydroxyl groups excluding tert-OH is 1. The van der Waals surface area contributed by atoms with Gasteiger partial charge in [0.25, 0.3) is 0 Å². The molecule has 2 rings (SSSR count). The van der Waals surface area contributed by atoms with Gasteiger partial charge < -0.3 is 15.2 Å². The van der Waals surface area contributed by atoms with E-state index in [1.54, 1.807) is 18.2 Å². The second-order valence-corrected chi connectivity index (χ2v) is 6.87. The molecule has 1 saturated heterocycles. The fraction of sp³-hybridized carbons (Fsp3) is 0.571. The molecule has 0 aromatic heterocycles. The lowest BCUT2D eigenvalue weighted by atomic mass is 10.1. The van der Waals surface area contributed by atoms with Crippen LogP contribution in [0.2, 0.25) is 10.0 Å². The molecule has 1 aliphatic heterocycles. The molecule has 6 heteroatoms. The summed E-state index contributed by atoms with van der Waals surface area (Å²) in [6.45, 7) is 1.65. The van der Waals surface area contributed by atoms with Crippen molar-refractivity contribution in [3.8, 4) is 5.75 Å². The lowest BCUT2D eigenvalue weighted by molar-refractivity contribution is 0.106. The first-order chi connectivity index (χ1) is 9.66. The Morgan fingerprint density at radius 1 is 1.40 bits per heavy atom. The second kappa shape index (κ2) is 8.35. The van der Waals surface area contributed by atoms with Gasteiger partial charge in [0.15, 0.2) is 5.75 Å². The van der Waals surface area contributed by atoms with Gasteiger partial charge in [-0.25, -0.2) is 0 Å². The van der Waals surface area contributed by atoms with Crippen LogP contribution in [0.25, 0.3) is 0 Å². The van der Waals surface area contributed by atoms with Gasteiger partial charge >= 0.3 is 0 Å². The molecule has 2 atom stereocenters. The summed E-state index contributed by atoms with van der Waals surface area (Å²) >= 11 is 14.0. The summed E-state index contributed by atoms with van der Waals surface area (Å²) in [6, 6.07) is 5.19. The van der Waals surface area contributed by atoms with Gasteiger partial charge in [0, 0.05) is 6.54 Å². The Kier molecular flexibility index (Phi) is 6.78. The van der Waals surface area contributed by atoms with E-state index in [0.717, 1.165) is 12.5 Å². The molecule has 1 heterocycles. The van der Waals surface area contributed by atoms with Crippen molar-refractivity contribution in [2.45, 2.75) is 12.5 Å². The molecular weight excluding hydrogens is 317 g/mol. The third-order valence-electron chi connectivity index (χ3n) is 3.18. The molecule has 0 radical (unpaired) electrons. The number of benzene rings is 1. The Bertz CT molecular complexity index is 407. The van der Waals surface area contributed by atoms with Gasteiger partial charge in [-0.15, -0.1) is 0 Å². The molecule has 0 aliphatic carbocycles. The molecule has 2 N–H and O–H groups in total. The fourth-order valence-corrected chi connectivity index (χ4v) is 3.85. The Labute approximate surface area is 134 Å². The van der Waals surface area contributed by atoms with Crippen LogP contribution >= 0.6 is 35.0 Å². The van der Waals surface area contributed by atoms with Crippen LogP contribution in [0.4, 0.5) is 0 Å². The van der Waals surface area contributed by atoms with Crippen LogP contribution in [0.1, 0.15) is 6.42 Å². The van der Waals surface area contributed by atoms with Gasteiger partial charge in [-0.1, -0.05) is 29.3 Å². The second-order valence-electron chi connectivity index (χ2n) is 4.90. The molecule has 1 aliphatic rings. The summed E-state index contributed by atoms with van der Waals surface area (Å²) in [5.41, 5.74) is 0. The molecule has 0 spiro atoms. The number of ether oxygens (including phenoxy) is 1. The highest BCUT2D eigenvalue weighted by Gasteiger charge is 2.16. The van der Waals surface area contributed by atoms with Gasteiger partial charge in [0.1, 0.15) is 12.7 Å². The van der Waals surface area contributed by atoms with Gasteiger partial charge in [-0.2, -0.15) is 11.8 Å². The number of para-hydroxylation sites is 1. The highest BCUT2D eigenvalue weighted by Crippen LogP contribution is 2.32. The van der Waals surface area contributed by atoms with Crippen molar-refractivity contribution in [2.75, 3.05) is 31.2 Å². The zero-order chi connectivity index (χ0) is 14.4. The van der Waals surface area contributed by atoms with Crippen molar-refractivity contribution in [3.05, 3.63) is 28.2 Å². The van der Waals surface area contributed by atoms with Crippen molar-refractivity contribution in [2.24, 2.45) is 5.92 Å². The third-order valence-corrected chi connectivity index (χ3v) is 5.00. The standard InChI is InChI=1S/C14H19Cl2NO2S/c15-12-2-1-3-13(16)14(12)19-8-11(18)7-17-6-10-4-5-20-9-10/h1-3,10-11,17-18H,4-9H2. The molecule has 20 heavy (non-hydrogen) atoms. The van der Waals surface area contributed by atoms with Crippen LogP contribution < -0.4 is 10.1 Å². The number of nitrogens with one attached hydrogen (secondary N) is 1. The van der Waals surface area contributed by atoms with Crippen molar-refractivity contribution in [1.29, 1.82) is 0 Å². The molecule has 0 saturated carbocycles. The first-order valence-corrected chi connectivity index (χ1v) is 8.61. The monoisotopic (exact) mass is 335 g/mol. The molecule has 0 bridgehead atoms. The molecule has 1 aromatic carbocycles. The first kappa shape index (κ1) is 16.2. The molecule has 3 nitrogen and oxygen atoms in total. The topological polar surface area (TPSA) is 41.5 Å². The SMILES string of the molecule is OC(CNCC1CCSC1)COc1c(Cl)cccc1Cl. The number of aliphatic hydroxyl groups is 1. The van der Waals surface area contributed by atoms with Crippen LogP contribution in [0, 0.1) is 5.92 Å². The smallest absolute Gasteiger partial charge is 0.156 e. The summed E-state index contributed by atoms with van der Waals surface area (Å²) < 4.78 is 5.49. The lowest BCUT2D eigenvalue weighted by Crippen LogP contribution is -2.34. The normalized spacial score (nSPS) is 20.1. The van der Waals surface area contributed by atoms with Crippen LogP contribution in [-0.2, 0) is 0 Å². The van der Waals surface area contributed by atoms with E-state index in [-0.39, 0.29) is 6.61 Å². The lowest BCUT2D eigenvalue weighted by Gasteiger charge is -2.16. The minimum atomic E-state index is -0.573. The molecule has 2 unspecified atom stereocenters. The first-order valence-electron chi connectivity index (χ1n) is 6.70. The third kappa shape index (κ3) is 5.01. The maximum atomic E-state index is 9.89. The maximum absolute atomic E-state index is 9.89. The molecule has 1 fully saturated rings. The van der Waals surface area contributed by atoms with Crippen molar-refractivity contribution < 1.29 is 9.84 Å². The largest absolute Gasteiger partial charge is 0.488 e. The highest BCUT2D eigenvalue weighted by atomic mass is 35.5. The Morgan fingerprint density at radius 3 is 2.80 bits per heavy atom. The van der Waals surface area contributed by atoms with E-state index in [0.29, 0.717) is 22.3 Å². The van der Waals surface area contributed by atoms with Crippen LogP contribution in [-0.4, -0.2) is 42.4 Å². The molecule has 0 amide bonds. The Hall–Kier alpha value is -0.130. The van der Waals surface area contributed by atoms with E-state index in [2.05, 4.69) is 5.32 Å². The summed E-state index contributed by atoms with van der Waals surface area (Å²) in [4.78, 5) is 0. The molecule has 112 valence electrons. The minimum absolute atomic E-state index is 0.176. The van der Waals surface area contributed by atoms with Gasteiger partial charge in [-0.3, -0.25) is 0 Å². The van der Waals surface area contributed by atoms with Crippen molar-refractivity contribution in [1.82, 2.24) is 5.32 Å². The quantitative estimate of drug-likeness (QED) is 0.803. The fourth-order valence-electron chi connectivity index (χ4n) is 2.06. The number of halogens is 2. The predicted molar refractivity (Wildman–Crippen MR) is 86.3 cm³/mol. The van der Waals surface area contributed by atoms with Crippen LogP contribution in [0.15, 0.2) is 18.2 Å². The zero-order valence-corrected chi connectivity index (χ0v) is 13.5. The van der Waals surface area contributed by atoms with E-state index in [1.165, 1.54) is 17.9 Å². The molecular formula is C14H19Cl2NO2S. The summed E-state index contributed by atoms with van der Waals surface area (Å²) in [5.74, 6) is 3.63. The van der Waals surface area contributed by atoms with E-state index in [4.69, 9.17) is 27.9 Å². The van der Waals surface area contributed by atoms with E-state index in [1.807, 2.05) is 11.8 Å². The predicted octanol–water partition coefficient (Wildman–Crippen LogP) is 3.08. The zero-order valence-electron chi connectivity index (χ0n) is 11.1. The van der Waals surface area contributed by atoms with Crippen molar-refractivity contribution >= 4 is 35.0 Å². The van der Waals surface area contributed by atoms with Crippen LogP contribution in [0.3, 0.4) is 0 Å². The minimum Gasteiger partial charge on any atom is -0.488 e.